The van der Waals surface area contributed by atoms with E-state index in [0.29, 0.717) is 13.0 Å². The van der Waals surface area contributed by atoms with E-state index in [0.717, 1.165) is 0 Å². The number of carbonyl (C=O) groups excluding carboxylic acids is 1. The fourth-order valence-corrected chi connectivity index (χ4v) is 1.39. The van der Waals surface area contributed by atoms with Crippen molar-refractivity contribution >= 4 is 5.91 Å². The van der Waals surface area contributed by atoms with Gasteiger partial charge in [0.15, 0.2) is 0 Å². The average molecular weight is 253 g/mol. The third-order valence-corrected chi connectivity index (χ3v) is 2.20. The number of ether oxygens (including phenoxy) is 1. The molecule has 1 N–H and O–H groups in total. The molecule has 0 bridgehead atoms. The molecule has 0 aromatic heterocycles. The highest BCUT2D eigenvalue weighted by molar-refractivity contribution is 5.76. The van der Waals surface area contributed by atoms with Crippen LogP contribution in [0.2, 0.25) is 0 Å². The minimum Gasteiger partial charge on any atom is -0.396 e. The van der Waals surface area contributed by atoms with E-state index in [4.69, 9.17) is 5.11 Å². The number of hydrogen-bond donors (Lipinski definition) is 1. The highest BCUT2D eigenvalue weighted by Crippen LogP contribution is 2.04. The summed E-state index contributed by atoms with van der Waals surface area (Å²) in [4.78, 5) is 13.3. The molecule has 0 aromatic rings. The zero-order chi connectivity index (χ0) is 13.3. The minimum atomic E-state index is -2.50. The number of hydrogen-bond acceptors (Lipinski definition) is 3. The Kier molecular flexibility index (Phi) is 8.89. The number of aliphatic hydroxyl groups is 1. The molecule has 6 heteroatoms. The van der Waals surface area contributed by atoms with Crippen LogP contribution in [0.25, 0.3) is 0 Å². The number of alkyl halides is 2. The maximum Gasteiger partial charge on any atom is 0.261 e. The van der Waals surface area contributed by atoms with Gasteiger partial charge in [-0.25, -0.2) is 8.78 Å². The summed E-state index contributed by atoms with van der Waals surface area (Å²) in [6.07, 6.45) is -1.89. The van der Waals surface area contributed by atoms with Crippen LogP contribution in [0.3, 0.4) is 0 Å². The molecule has 102 valence electrons. The third kappa shape index (κ3) is 8.04. The Hall–Kier alpha value is -0.750. The molecule has 0 atom stereocenters. The first-order valence-electron chi connectivity index (χ1n) is 5.75. The molecule has 1 amide bonds. The zero-order valence-electron chi connectivity index (χ0n) is 10.4. The van der Waals surface area contributed by atoms with E-state index in [1.54, 1.807) is 4.90 Å². The van der Waals surface area contributed by atoms with Gasteiger partial charge < -0.3 is 14.7 Å². The van der Waals surface area contributed by atoms with Crippen molar-refractivity contribution in [2.24, 2.45) is 0 Å². The standard InChI is InChI=1S/C11H21F2NO3/c1-9(2)14(5-3-6-15)11(16)4-7-17-8-10(12)13/h9-10,15H,3-8H2,1-2H3. The van der Waals surface area contributed by atoms with E-state index >= 15 is 0 Å². The molecular formula is C11H21F2NO3. The van der Waals surface area contributed by atoms with Crippen LogP contribution in [0.1, 0.15) is 26.7 Å². The molecule has 0 unspecified atom stereocenters. The molecule has 0 saturated heterocycles. The van der Waals surface area contributed by atoms with Crippen LogP contribution in [0.15, 0.2) is 0 Å². The van der Waals surface area contributed by atoms with Crippen molar-refractivity contribution in [2.75, 3.05) is 26.4 Å². The monoisotopic (exact) mass is 253 g/mol. The number of nitrogens with zero attached hydrogens (tertiary/aromatic N) is 1. The van der Waals surface area contributed by atoms with Gasteiger partial charge in [-0.2, -0.15) is 0 Å². The van der Waals surface area contributed by atoms with E-state index < -0.39 is 13.0 Å². The summed E-state index contributed by atoms with van der Waals surface area (Å²) in [6, 6.07) is 0.0316. The highest BCUT2D eigenvalue weighted by atomic mass is 19.3. The average Bonchev–Trinajstić information content (AvgIpc) is 2.24. The number of halogens is 2. The molecule has 0 fully saturated rings. The Balaban J connectivity index is 3.89. The number of carbonyl (C=O) groups is 1. The lowest BCUT2D eigenvalue weighted by molar-refractivity contribution is -0.134. The largest absolute Gasteiger partial charge is 0.396 e. The fraction of sp³-hybridized carbons (Fsp3) is 0.909. The van der Waals surface area contributed by atoms with Gasteiger partial charge in [0.25, 0.3) is 6.43 Å². The van der Waals surface area contributed by atoms with Gasteiger partial charge in [0.2, 0.25) is 5.91 Å². The molecule has 0 rings (SSSR count). The summed E-state index contributed by atoms with van der Waals surface area (Å²) in [5, 5.41) is 8.71. The van der Waals surface area contributed by atoms with Crippen LogP contribution in [0, 0.1) is 0 Å². The van der Waals surface area contributed by atoms with E-state index in [2.05, 4.69) is 4.74 Å². The van der Waals surface area contributed by atoms with Crippen LogP contribution in [-0.4, -0.2) is 54.7 Å². The lowest BCUT2D eigenvalue weighted by Crippen LogP contribution is -2.38. The van der Waals surface area contributed by atoms with Gasteiger partial charge in [0, 0.05) is 19.2 Å². The second-order valence-electron chi connectivity index (χ2n) is 3.97. The quantitative estimate of drug-likeness (QED) is 0.630. The molecule has 0 spiro atoms. The normalized spacial score (nSPS) is 11.2. The molecule has 0 radical (unpaired) electrons. The van der Waals surface area contributed by atoms with Crippen LogP contribution in [0.5, 0.6) is 0 Å². The molecule has 4 nitrogen and oxygen atoms in total. The topological polar surface area (TPSA) is 49.8 Å². The van der Waals surface area contributed by atoms with Crippen LogP contribution >= 0.6 is 0 Å². The highest BCUT2D eigenvalue weighted by Gasteiger charge is 2.16. The van der Waals surface area contributed by atoms with E-state index in [1.807, 2.05) is 13.8 Å². The SMILES string of the molecule is CC(C)N(CCCO)C(=O)CCOCC(F)F. The summed E-state index contributed by atoms with van der Waals surface area (Å²) in [5.41, 5.74) is 0. The van der Waals surface area contributed by atoms with Crippen molar-refractivity contribution in [1.29, 1.82) is 0 Å². The van der Waals surface area contributed by atoms with Gasteiger partial charge in [0.1, 0.15) is 6.61 Å². The summed E-state index contributed by atoms with van der Waals surface area (Å²) in [6.45, 7) is 3.61. The first kappa shape index (κ1) is 16.2. The van der Waals surface area contributed by atoms with E-state index in [9.17, 15) is 13.6 Å². The molecular weight excluding hydrogens is 232 g/mol. The maximum absolute atomic E-state index is 11.8. The van der Waals surface area contributed by atoms with Gasteiger partial charge in [-0.05, 0) is 20.3 Å². The van der Waals surface area contributed by atoms with Gasteiger partial charge in [-0.1, -0.05) is 0 Å². The molecule has 0 aliphatic rings. The van der Waals surface area contributed by atoms with Crippen LogP contribution < -0.4 is 0 Å². The number of rotatable bonds is 9. The number of amides is 1. The zero-order valence-corrected chi connectivity index (χ0v) is 10.4. The third-order valence-electron chi connectivity index (χ3n) is 2.20. The predicted molar refractivity (Wildman–Crippen MR) is 60.0 cm³/mol. The minimum absolute atomic E-state index is 0.00547. The molecule has 0 saturated carbocycles. The maximum atomic E-state index is 11.8. The molecule has 0 aliphatic carbocycles. The summed E-state index contributed by atoms with van der Waals surface area (Å²) in [7, 11) is 0. The molecule has 17 heavy (non-hydrogen) atoms. The van der Waals surface area contributed by atoms with Gasteiger partial charge in [0.05, 0.1) is 13.0 Å². The van der Waals surface area contributed by atoms with Gasteiger partial charge in [-0.15, -0.1) is 0 Å². The number of aliphatic hydroxyl groups excluding tert-OH is 1. The van der Waals surface area contributed by atoms with Gasteiger partial charge >= 0.3 is 0 Å². The first-order chi connectivity index (χ1) is 7.99. The Morgan fingerprint density at radius 3 is 2.53 bits per heavy atom. The second kappa shape index (κ2) is 9.30. The van der Waals surface area contributed by atoms with Crippen molar-refractivity contribution in [3.63, 3.8) is 0 Å². The fourth-order valence-electron chi connectivity index (χ4n) is 1.39. The van der Waals surface area contributed by atoms with E-state index in [-0.39, 0.29) is 31.6 Å². The van der Waals surface area contributed by atoms with Crippen molar-refractivity contribution in [3.8, 4) is 0 Å². The lowest BCUT2D eigenvalue weighted by Gasteiger charge is -2.26. The summed E-state index contributed by atoms with van der Waals surface area (Å²) >= 11 is 0. The first-order valence-corrected chi connectivity index (χ1v) is 5.75. The summed E-state index contributed by atoms with van der Waals surface area (Å²) in [5.74, 6) is -0.136. The van der Waals surface area contributed by atoms with Crippen molar-refractivity contribution < 1.29 is 23.4 Å². The van der Waals surface area contributed by atoms with Crippen molar-refractivity contribution in [1.82, 2.24) is 4.90 Å². The summed E-state index contributed by atoms with van der Waals surface area (Å²) < 4.78 is 28.2. The lowest BCUT2D eigenvalue weighted by atomic mass is 10.2. The smallest absolute Gasteiger partial charge is 0.261 e. The van der Waals surface area contributed by atoms with E-state index in [1.165, 1.54) is 0 Å². The van der Waals surface area contributed by atoms with Crippen molar-refractivity contribution in [2.45, 2.75) is 39.2 Å². The van der Waals surface area contributed by atoms with Crippen LogP contribution in [-0.2, 0) is 9.53 Å². The van der Waals surface area contributed by atoms with Crippen molar-refractivity contribution in [3.05, 3.63) is 0 Å². The predicted octanol–water partition coefficient (Wildman–Crippen LogP) is 1.28. The Bertz CT molecular complexity index is 213. The second-order valence-corrected chi connectivity index (χ2v) is 3.97. The molecule has 0 aliphatic heterocycles. The Morgan fingerprint density at radius 1 is 1.41 bits per heavy atom. The Morgan fingerprint density at radius 2 is 2.06 bits per heavy atom. The van der Waals surface area contributed by atoms with Crippen LogP contribution in [0.4, 0.5) is 8.78 Å². The molecule has 0 heterocycles. The Labute approximate surface area is 101 Å². The van der Waals surface area contributed by atoms with Gasteiger partial charge in [-0.3, -0.25) is 4.79 Å². The molecule has 0 aromatic carbocycles.